The topological polar surface area (TPSA) is 66.8 Å². The monoisotopic (exact) mass is 359 g/mol. The Morgan fingerprint density at radius 3 is 2.38 bits per heavy atom. The average molecular weight is 359 g/mol. The smallest absolute Gasteiger partial charge is 0.290 e. The number of rotatable bonds is 10. The molecule has 0 saturated heterocycles. The van der Waals surface area contributed by atoms with Gasteiger partial charge < -0.3 is 14.7 Å². The van der Waals surface area contributed by atoms with Gasteiger partial charge in [-0.1, -0.05) is 45.7 Å². The summed E-state index contributed by atoms with van der Waals surface area (Å²) in [6.07, 6.45) is 4.31. The van der Waals surface area contributed by atoms with Crippen molar-refractivity contribution < 1.29 is 19.4 Å². The minimum absolute atomic E-state index is 0.195. The van der Waals surface area contributed by atoms with Gasteiger partial charge >= 0.3 is 0 Å². The maximum atomic E-state index is 12.4. The Kier molecular flexibility index (Phi) is 7.25. The first-order valence-electron chi connectivity index (χ1n) is 9.55. The highest BCUT2D eigenvalue weighted by molar-refractivity contribution is 6.08. The van der Waals surface area contributed by atoms with Crippen LogP contribution in [0.15, 0.2) is 35.6 Å². The molecule has 1 aromatic carbocycles. The molecule has 1 unspecified atom stereocenters. The second-order valence-corrected chi connectivity index (χ2v) is 6.56. The van der Waals surface area contributed by atoms with Gasteiger partial charge in [0.25, 0.3) is 5.91 Å². The minimum Gasteiger partial charge on any atom is -0.503 e. The number of ketones is 1. The van der Waals surface area contributed by atoms with Crippen molar-refractivity contribution in [3.05, 3.63) is 41.2 Å². The molecule has 0 fully saturated rings. The lowest BCUT2D eigenvalue weighted by Crippen LogP contribution is -2.31. The molecule has 26 heavy (non-hydrogen) atoms. The van der Waals surface area contributed by atoms with Crippen molar-refractivity contribution in [2.75, 3.05) is 13.2 Å². The SMILES string of the molecule is CCCCCOc1ccc(C2C(C(=O)CC)=C(O)C(=O)N2CCC)cc1. The Morgan fingerprint density at radius 1 is 1.12 bits per heavy atom. The van der Waals surface area contributed by atoms with Crippen LogP contribution in [0.2, 0.25) is 0 Å². The van der Waals surface area contributed by atoms with Gasteiger partial charge in [0.15, 0.2) is 11.5 Å². The zero-order valence-electron chi connectivity index (χ0n) is 16.0. The molecule has 0 bridgehead atoms. The van der Waals surface area contributed by atoms with Crippen molar-refractivity contribution in [2.24, 2.45) is 0 Å². The number of hydrogen-bond acceptors (Lipinski definition) is 4. The standard InChI is InChI=1S/C21H29NO4/c1-4-7-8-14-26-16-11-9-15(10-12-16)19-18(17(23)6-3)20(24)21(25)22(19)13-5-2/h9-12,19,24H,4-8,13-14H2,1-3H3. The summed E-state index contributed by atoms with van der Waals surface area (Å²) in [4.78, 5) is 26.4. The summed E-state index contributed by atoms with van der Waals surface area (Å²) in [6, 6.07) is 6.94. The molecule has 5 heteroatoms. The zero-order chi connectivity index (χ0) is 19.1. The third kappa shape index (κ3) is 4.26. The summed E-state index contributed by atoms with van der Waals surface area (Å²) in [5.74, 6) is -0.295. The first kappa shape index (κ1) is 20.0. The van der Waals surface area contributed by atoms with E-state index in [0.717, 1.165) is 37.0 Å². The number of carbonyl (C=O) groups is 2. The normalized spacial score (nSPS) is 17.1. The van der Waals surface area contributed by atoms with Crippen LogP contribution in [-0.4, -0.2) is 34.8 Å². The number of nitrogens with zero attached hydrogens (tertiary/aromatic N) is 1. The average Bonchev–Trinajstić information content (AvgIpc) is 2.90. The molecule has 1 aliphatic heterocycles. The molecular formula is C21H29NO4. The van der Waals surface area contributed by atoms with Crippen LogP contribution in [-0.2, 0) is 9.59 Å². The van der Waals surface area contributed by atoms with E-state index >= 15 is 0 Å². The van der Waals surface area contributed by atoms with Gasteiger partial charge in [-0.05, 0) is 30.5 Å². The molecular weight excluding hydrogens is 330 g/mol. The predicted molar refractivity (Wildman–Crippen MR) is 101 cm³/mol. The summed E-state index contributed by atoms with van der Waals surface area (Å²) in [5.41, 5.74) is 1.02. The molecule has 5 nitrogen and oxygen atoms in total. The van der Waals surface area contributed by atoms with Crippen LogP contribution in [0.4, 0.5) is 0 Å². The van der Waals surface area contributed by atoms with E-state index < -0.39 is 17.7 Å². The van der Waals surface area contributed by atoms with E-state index in [1.165, 1.54) is 0 Å². The third-order valence-corrected chi connectivity index (χ3v) is 4.60. The predicted octanol–water partition coefficient (Wildman–Crippen LogP) is 4.34. The lowest BCUT2D eigenvalue weighted by atomic mass is 9.95. The molecule has 1 N–H and O–H groups in total. The highest BCUT2D eigenvalue weighted by atomic mass is 16.5. The maximum Gasteiger partial charge on any atom is 0.290 e. The fourth-order valence-electron chi connectivity index (χ4n) is 3.24. The summed E-state index contributed by atoms with van der Waals surface area (Å²) >= 11 is 0. The Bertz CT molecular complexity index is 663. The Balaban J connectivity index is 2.24. The van der Waals surface area contributed by atoms with Crippen molar-refractivity contribution in [1.82, 2.24) is 4.90 Å². The van der Waals surface area contributed by atoms with Crippen LogP contribution >= 0.6 is 0 Å². The second kappa shape index (κ2) is 9.41. The number of unbranched alkanes of at least 4 members (excludes halogenated alkanes) is 2. The van der Waals surface area contributed by atoms with Gasteiger partial charge in [-0.3, -0.25) is 9.59 Å². The molecule has 1 aromatic rings. The number of Topliss-reactive ketones (excluding diaryl/α,β-unsaturated/α-hetero) is 1. The fraction of sp³-hybridized carbons (Fsp3) is 0.524. The number of amides is 1. The number of hydrogen-bond donors (Lipinski definition) is 1. The number of aliphatic hydroxyl groups excluding tert-OH is 1. The first-order valence-corrected chi connectivity index (χ1v) is 9.55. The Hall–Kier alpha value is -2.30. The molecule has 0 spiro atoms. The maximum absolute atomic E-state index is 12.4. The first-order chi connectivity index (χ1) is 12.5. The van der Waals surface area contributed by atoms with Gasteiger partial charge in [0.2, 0.25) is 0 Å². The van der Waals surface area contributed by atoms with Gasteiger partial charge in [0.05, 0.1) is 18.2 Å². The lowest BCUT2D eigenvalue weighted by molar-refractivity contribution is -0.129. The number of benzene rings is 1. The van der Waals surface area contributed by atoms with Crippen LogP contribution in [0.3, 0.4) is 0 Å². The molecule has 0 saturated carbocycles. The van der Waals surface area contributed by atoms with Crippen molar-refractivity contribution in [1.29, 1.82) is 0 Å². The molecule has 2 rings (SSSR count). The van der Waals surface area contributed by atoms with E-state index in [1.54, 1.807) is 11.8 Å². The van der Waals surface area contributed by atoms with Crippen molar-refractivity contribution >= 4 is 11.7 Å². The Labute approximate surface area is 155 Å². The number of ether oxygens (including phenoxy) is 1. The lowest BCUT2D eigenvalue weighted by Gasteiger charge is -2.26. The summed E-state index contributed by atoms with van der Waals surface area (Å²) < 4.78 is 5.73. The van der Waals surface area contributed by atoms with E-state index in [-0.39, 0.29) is 17.8 Å². The van der Waals surface area contributed by atoms with Crippen LogP contribution < -0.4 is 4.74 Å². The fourth-order valence-corrected chi connectivity index (χ4v) is 3.24. The molecule has 0 aromatic heterocycles. The van der Waals surface area contributed by atoms with E-state index in [2.05, 4.69) is 6.92 Å². The molecule has 0 aliphatic carbocycles. The van der Waals surface area contributed by atoms with Gasteiger partial charge in [-0.25, -0.2) is 0 Å². The van der Waals surface area contributed by atoms with E-state index in [4.69, 9.17) is 4.74 Å². The summed E-state index contributed by atoms with van der Waals surface area (Å²) in [5, 5.41) is 10.3. The Morgan fingerprint density at radius 2 is 1.81 bits per heavy atom. The summed E-state index contributed by atoms with van der Waals surface area (Å²) in [7, 11) is 0. The molecule has 1 aliphatic rings. The van der Waals surface area contributed by atoms with Crippen LogP contribution in [0, 0.1) is 0 Å². The molecule has 1 amide bonds. The minimum atomic E-state index is -0.524. The molecule has 1 atom stereocenters. The zero-order valence-corrected chi connectivity index (χ0v) is 16.0. The third-order valence-electron chi connectivity index (χ3n) is 4.60. The highest BCUT2D eigenvalue weighted by Crippen LogP contribution is 2.38. The van der Waals surface area contributed by atoms with Crippen molar-refractivity contribution in [2.45, 2.75) is 58.9 Å². The molecule has 0 radical (unpaired) electrons. The van der Waals surface area contributed by atoms with E-state index in [1.807, 2.05) is 31.2 Å². The highest BCUT2D eigenvalue weighted by Gasteiger charge is 2.42. The van der Waals surface area contributed by atoms with Gasteiger partial charge in [0.1, 0.15) is 5.75 Å². The van der Waals surface area contributed by atoms with Gasteiger partial charge in [-0.2, -0.15) is 0 Å². The van der Waals surface area contributed by atoms with Crippen molar-refractivity contribution in [3.8, 4) is 5.75 Å². The molecule has 142 valence electrons. The largest absolute Gasteiger partial charge is 0.503 e. The molecule has 1 heterocycles. The van der Waals surface area contributed by atoms with Crippen LogP contribution in [0.1, 0.15) is 64.5 Å². The summed E-state index contributed by atoms with van der Waals surface area (Å²) in [6.45, 7) is 7.02. The van der Waals surface area contributed by atoms with E-state index in [9.17, 15) is 14.7 Å². The van der Waals surface area contributed by atoms with Crippen molar-refractivity contribution in [3.63, 3.8) is 0 Å². The number of aliphatic hydroxyl groups is 1. The second-order valence-electron chi connectivity index (χ2n) is 6.56. The van der Waals surface area contributed by atoms with Gasteiger partial charge in [-0.15, -0.1) is 0 Å². The number of carbonyl (C=O) groups excluding carboxylic acids is 2. The van der Waals surface area contributed by atoms with E-state index in [0.29, 0.717) is 13.2 Å². The van der Waals surface area contributed by atoms with Crippen LogP contribution in [0.25, 0.3) is 0 Å². The van der Waals surface area contributed by atoms with Crippen LogP contribution in [0.5, 0.6) is 5.75 Å². The van der Waals surface area contributed by atoms with Gasteiger partial charge in [0, 0.05) is 13.0 Å². The quantitative estimate of drug-likeness (QED) is 0.631.